The van der Waals surface area contributed by atoms with E-state index in [2.05, 4.69) is 10.6 Å². The first-order valence-electron chi connectivity index (χ1n) is 2.09. The van der Waals surface area contributed by atoms with E-state index in [9.17, 15) is 4.79 Å². The third-order valence-electron chi connectivity index (χ3n) is 0.455. The van der Waals surface area contributed by atoms with Crippen LogP contribution >= 0.6 is 0 Å². The Balaban J connectivity index is 3.33. The molecule has 5 heteroatoms. The van der Waals surface area contributed by atoms with Crippen molar-refractivity contribution in [3.8, 4) is 0 Å². The highest BCUT2D eigenvalue weighted by Crippen LogP contribution is 1.79. The van der Waals surface area contributed by atoms with Gasteiger partial charge in [0.25, 0.3) is 0 Å². The normalized spacial score (nSPS) is 8.38. The molecule has 0 heterocycles. The van der Waals surface area contributed by atoms with Crippen LogP contribution in [0, 0.1) is 0 Å². The third kappa shape index (κ3) is 2.38. The highest BCUT2D eigenvalue weighted by Gasteiger charge is 2.03. The molecule has 0 aromatic rings. The molecular weight excluding hydrogens is 112 g/mol. The molecule has 3 N–H and O–H groups in total. The van der Waals surface area contributed by atoms with E-state index in [0.717, 1.165) is 0 Å². The Labute approximate surface area is 46.6 Å². The van der Waals surface area contributed by atoms with Crippen LogP contribution in [0.2, 0.25) is 0 Å². The number of hydroxylamine groups is 1. The van der Waals surface area contributed by atoms with Gasteiger partial charge in [0.05, 0.1) is 6.61 Å². The maximum absolute atomic E-state index is 10.1. The number of hydrogen-bond acceptors (Lipinski definition) is 4. The minimum atomic E-state index is -0.951. The summed E-state index contributed by atoms with van der Waals surface area (Å²) in [6.07, 6.45) is -0.951. The van der Waals surface area contributed by atoms with Gasteiger partial charge in [-0.25, -0.2) is 10.6 Å². The van der Waals surface area contributed by atoms with Crippen LogP contribution in [0.1, 0.15) is 6.92 Å². The van der Waals surface area contributed by atoms with Gasteiger partial charge in [0.1, 0.15) is 0 Å². The van der Waals surface area contributed by atoms with Crippen LogP contribution in [0.4, 0.5) is 4.79 Å². The summed E-state index contributed by atoms with van der Waals surface area (Å²) in [5.41, 5.74) is 0. The fourth-order valence-corrected chi connectivity index (χ4v) is 0.190. The molecule has 0 unspecified atom stereocenters. The lowest BCUT2D eigenvalue weighted by Crippen LogP contribution is -2.34. The van der Waals surface area contributed by atoms with Crippen molar-refractivity contribution in [2.45, 2.75) is 6.92 Å². The minimum absolute atomic E-state index is 0.108. The molecular formula is C3H8N2O3. The largest absolute Gasteiger partial charge is 0.449 e. The summed E-state index contributed by atoms with van der Waals surface area (Å²) in [6.45, 7) is 1.81. The second-order valence-corrected chi connectivity index (χ2v) is 1.04. The van der Waals surface area contributed by atoms with Crippen LogP contribution in [0.25, 0.3) is 0 Å². The Morgan fingerprint density at radius 3 is 2.62 bits per heavy atom. The standard InChI is InChI=1S/C3H8N2O3/c1-2-8-3(6)5(4)7/h7H,2,4H2,1H3. The SMILES string of the molecule is CCOC(=O)N(N)O. The van der Waals surface area contributed by atoms with Gasteiger partial charge in [-0.2, -0.15) is 0 Å². The highest BCUT2D eigenvalue weighted by atomic mass is 16.6. The van der Waals surface area contributed by atoms with E-state index in [0.29, 0.717) is 0 Å². The molecule has 0 fully saturated rings. The van der Waals surface area contributed by atoms with E-state index in [1.165, 1.54) is 0 Å². The van der Waals surface area contributed by atoms with E-state index in [4.69, 9.17) is 5.21 Å². The van der Waals surface area contributed by atoms with Gasteiger partial charge in [-0.3, -0.25) is 5.21 Å². The van der Waals surface area contributed by atoms with Gasteiger partial charge in [0.15, 0.2) is 0 Å². The topological polar surface area (TPSA) is 75.8 Å². The van der Waals surface area contributed by atoms with Crippen LogP contribution in [0.5, 0.6) is 0 Å². The van der Waals surface area contributed by atoms with Crippen LogP contribution in [-0.4, -0.2) is 23.1 Å². The Morgan fingerprint density at radius 2 is 2.50 bits per heavy atom. The fraction of sp³-hybridized carbons (Fsp3) is 0.667. The number of rotatable bonds is 1. The predicted molar refractivity (Wildman–Crippen MR) is 24.8 cm³/mol. The zero-order valence-electron chi connectivity index (χ0n) is 4.50. The zero-order valence-corrected chi connectivity index (χ0v) is 4.50. The summed E-state index contributed by atoms with van der Waals surface area (Å²) in [5, 5.41) is 7.98. The van der Waals surface area contributed by atoms with Gasteiger partial charge in [0, 0.05) is 0 Å². The Morgan fingerprint density at radius 1 is 2.00 bits per heavy atom. The number of hydrogen-bond donors (Lipinski definition) is 2. The molecule has 0 saturated heterocycles. The zero-order chi connectivity index (χ0) is 6.57. The molecule has 0 aliphatic carbocycles. The molecule has 0 radical (unpaired) electrons. The van der Waals surface area contributed by atoms with Crippen LogP contribution < -0.4 is 5.84 Å². The molecule has 48 valence electrons. The van der Waals surface area contributed by atoms with Crippen molar-refractivity contribution in [3.63, 3.8) is 0 Å². The molecule has 0 aliphatic heterocycles. The van der Waals surface area contributed by atoms with E-state index < -0.39 is 6.09 Å². The molecule has 0 aromatic carbocycles. The molecule has 0 saturated carbocycles. The lowest BCUT2D eigenvalue weighted by molar-refractivity contribution is -0.0747. The van der Waals surface area contributed by atoms with Crippen molar-refractivity contribution >= 4 is 6.09 Å². The number of nitrogens with two attached hydrogens (primary N) is 1. The number of hydrazine groups is 1. The quantitative estimate of drug-likeness (QED) is 0.216. The van der Waals surface area contributed by atoms with Crippen molar-refractivity contribution in [1.82, 2.24) is 5.17 Å². The monoisotopic (exact) mass is 120 g/mol. The molecule has 0 rings (SSSR count). The van der Waals surface area contributed by atoms with E-state index in [-0.39, 0.29) is 11.8 Å². The molecule has 0 aromatic heterocycles. The first-order valence-corrected chi connectivity index (χ1v) is 2.09. The second-order valence-electron chi connectivity index (χ2n) is 1.04. The summed E-state index contributed by atoms with van der Waals surface area (Å²) in [4.78, 5) is 10.1. The second kappa shape index (κ2) is 3.23. The van der Waals surface area contributed by atoms with E-state index >= 15 is 0 Å². The average molecular weight is 120 g/mol. The van der Waals surface area contributed by atoms with Gasteiger partial charge in [-0.05, 0) is 6.92 Å². The first kappa shape index (κ1) is 7.19. The Hall–Kier alpha value is -0.810. The maximum Gasteiger partial charge on any atom is 0.449 e. The number of ether oxygens (including phenoxy) is 1. The molecule has 8 heavy (non-hydrogen) atoms. The van der Waals surface area contributed by atoms with Crippen molar-refractivity contribution in [1.29, 1.82) is 0 Å². The Bertz CT molecular complexity index is 82.6. The maximum atomic E-state index is 10.1. The Kier molecular flexibility index (Phi) is 2.90. The van der Waals surface area contributed by atoms with E-state index in [1.807, 2.05) is 0 Å². The van der Waals surface area contributed by atoms with Gasteiger partial charge in [-0.1, -0.05) is 0 Å². The highest BCUT2D eigenvalue weighted by molar-refractivity contribution is 5.65. The summed E-state index contributed by atoms with van der Waals surface area (Å²) in [7, 11) is 0. The molecule has 0 bridgehead atoms. The smallest absolute Gasteiger partial charge is 0.447 e. The molecule has 0 spiro atoms. The van der Waals surface area contributed by atoms with Crippen LogP contribution in [-0.2, 0) is 4.74 Å². The summed E-state index contributed by atoms with van der Waals surface area (Å²) in [5.74, 6) is 4.54. The van der Waals surface area contributed by atoms with Crippen LogP contribution in [0.3, 0.4) is 0 Å². The van der Waals surface area contributed by atoms with Gasteiger partial charge < -0.3 is 4.74 Å². The molecule has 5 nitrogen and oxygen atoms in total. The average Bonchev–Trinajstić information content (AvgIpc) is 1.67. The number of carbonyl (C=O) groups is 1. The molecule has 0 aliphatic rings. The third-order valence-corrected chi connectivity index (χ3v) is 0.455. The molecule has 0 atom stereocenters. The predicted octanol–water partition coefficient (Wildman–Crippen LogP) is -0.292. The van der Waals surface area contributed by atoms with Crippen molar-refractivity contribution < 1.29 is 14.7 Å². The first-order chi connectivity index (χ1) is 3.68. The van der Waals surface area contributed by atoms with Crippen molar-refractivity contribution in [3.05, 3.63) is 0 Å². The van der Waals surface area contributed by atoms with Gasteiger partial charge in [0.2, 0.25) is 0 Å². The minimum Gasteiger partial charge on any atom is -0.447 e. The van der Waals surface area contributed by atoms with Crippen molar-refractivity contribution in [2.75, 3.05) is 6.61 Å². The summed E-state index contributed by atoms with van der Waals surface area (Å²) >= 11 is 0. The van der Waals surface area contributed by atoms with Crippen molar-refractivity contribution in [2.24, 2.45) is 5.84 Å². The van der Waals surface area contributed by atoms with Gasteiger partial charge >= 0.3 is 6.09 Å². The van der Waals surface area contributed by atoms with E-state index in [1.54, 1.807) is 6.92 Å². The lowest BCUT2D eigenvalue weighted by Gasteiger charge is -2.05. The number of amides is 1. The number of nitrogens with zero attached hydrogens (tertiary/aromatic N) is 1. The molecule has 1 amide bonds. The summed E-state index contributed by atoms with van der Waals surface area (Å²) in [6, 6.07) is 0. The number of carbonyl (C=O) groups excluding carboxylic acids is 1. The lowest BCUT2D eigenvalue weighted by atomic mass is 10.9. The van der Waals surface area contributed by atoms with Gasteiger partial charge in [-0.15, -0.1) is 5.17 Å². The van der Waals surface area contributed by atoms with Crippen LogP contribution in [0.15, 0.2) is 0 Å². The fourth-order valence-electron chi connectivity index (χ4n) is 0.190. The summed E-state index contributed by atoms with van der Waals surface area (Å²) < 4.78 is 4.22.